The fraction of sp³-hybridized carbons (Fsp3) is 0.381. The van der Waals surface area contributed by atoms with E-state index in [1.807, 2.05) is 30.0 Å². The predicted molar refractivity (Wildman–Crippen MR) is 106 cm³/mol. The van der Waals surface area contributed by atoms with Crippen LogP contribution in [-0.4, -0.2) is 42.0 Å². The minimum Gasteiger partial charge on any atom is -0.334 e. The van der Waals surface area contributed by atoms with Crippen LogP contribution in [0.2, 0.25) is 5.02 Å². The van der Waals surface area contributed by atoms with Gasteiger partial charge in [-0.25, -0.2) is 4.79 Å². The van der Waals surface area contributed by atoms with E-state index in [1.54, 1.807) is 0 Å². The van der Waals surface area contributed by atoms with Gasteiger partial charge >= 0.3 is 6.03 Å². The predicted octanol–water partition coefficient (Wildman–Crippen LogP) is 3.98. The van der Waals surface area contributed by atoms with Gasteiger partial charge in [0.25, 0.3) is 0 Å². The molecular formula is C21H26ClN3O. The zero-order chi connectivity index (χ0) is 18.5. The molecule has 5 heteroatoms. The van der Waals surface area contributed by atoms with E-state index in [4.69, 9.17) is 11.6 Å². The number of carbonyl (C=O) groups excluding carboxylic acids is 1. The Kier molecular flexibility index (Phi) is 6.17. The summed E-state index contributed by atoms with van der Waals surface area (Å²) in [5.41, 5.74) is 4.67. The van der Waals surface area contributed by atoms with Crippen LogP contribution in [0.15, 0.2) is 42.5 Å². The first kappa shape index (κ1) is 18.7. The Balaban J connectivity index is 1.44. The third kappa shape index (κ3) is 4.99. The Bertz CT molecular complexity index is 752. The lowest BCUT2D eigenvalue weighted by molar-refractivity contribution is 0.135. The SMILES string of the molecule is Cc1ccc(CN2CCN(C(=O)NCc3ccc(C)c(Cl)c3)CC2)cc1. The first-order valence-corrected chi connectivity index (χ1v) is 9.45. The lowest BCUT2D eigenvalue weighted by Crippen LogP contribution is -2.51. The van der Waals surface area contributed by atoms with Crippen LogP contribution in [0.1, 0.15) is 22.3 Å². The molecule has 1 saturated heterocycles. The smallest absolute Gasteiger partial charge is 0.317 e. The number of hydrogen-bond donors (Lipinski definition) is 1. The molecule has 2 aromatic carbocycles. The van der Waals surface area contributed by atoms with Crippen LogP contribution in [-0.2, 0) is 13.1 Å². The van der Waals surface area contributed by atoms with Crippen molar-refractivity contribution >= 4 is 17.6 Å². The summed E-state index contributed by atoms with van der Waals surface area (Å²) in [5, 5.41) is 3.73. The first-order valence-electron chi connectivity index (χ1n) is 9.07. The summed E-state index contributed by atoms with van der Waals surface area (Å²) >= 11 is 6.14. The topological polar surface area (TPSA) is 35.6 Å². The van der Waals surface area contributed by atoms with Gasteiger partial charge in [0.05, 0.1) is 0 Å². The summed E-state index contributed by atoms with van der Waals surface area (Å²) in [4.78, 5) is 16.7. The maximum Gasteiger partial charge on any atom is 0.317 e. The lowest BCUT2D eigenvalue weighted by Gasteiger charge is -2.34. The van der Waals surface area contributed by atoms with Gasteiger partial charge in [-0.3, -0.25) is 4.90 Å². The standard InChI is InChI=1S/C21H26ClN3O/c1-16-3-6-18(7-4-16)15-24-9-11-25(12-10-24)21(26)23-14-19-8-5-17(2)20(22)13-19/h3-8,13H,9-12,14-15H2,1-2H3,(H,23,26). The molecule has 3 rings (SSSR count). The zero-order valence-corrected chi connectivity index (χ0v) is 16.2. The van der Waals surface area contributed by atoms with Gasteiger partial charge in [-0.15, -0.1) is 0 Å². The summed E-state index contributed by atoms with van der Waals surface area (Å²) in [7, 11) is 0. The summed E-state index contributed by atoms with van der Waals surface area (Å²) in [6, 6.07) is 14.6. The van der Waals surface area contributed by atoms with E-state index in [0.717, 1.165) is 48.9 Å². The molecule has 1 fully saturated rings. The third-order valence-electron chi connectivity index (χ3n) is 4.87. The van der Waals surface area contributed by atoms with Crippen molar-refractivity contribution in [3.05, 3.63) is 69.7 Å². The van der Waals surface area contributed by atoms with E-state index < -0.39 is 0 Å². The van der Waals surface area contributed by atoms with Crippen LogP contribution in [0.4, 0.5) is 4.79 Å². The van der Waals surface area contributed by atoms with E-state index in [0.29, 0.717) is 6.54 Å². The van der Waals surface area contributed by atoms with Crippen molar-refractivity contribution in [3.63, 3.8) is 0 Å². The molecule has 0 spiro atoms. The van der Waals surface area contributed by atoms with Crippen molar-refractivity contribution in [2.24, 2.45) is 0 Å². The van der Waals surface area contributed by atoms with Gasteiger partial charge in [-0.05, 0) is 36.6 Å². The molecule has 0 bridgehead atoms. The minimum atomic E-state index is -0.00307. The Morgan fingerprint density at radius 3 is 2.31 bits per heavy atom. The zero-order valence-electron chi connectivity index (χ0n) is 15.5. The first-order chi connectivity index (χ1) is 12.5. The molecular weight excluding hydrogens is 346 g/mol. The van der Waals surface area contributed by atoms with Crippen LogP contribution in [0.3, 0.4) is 0 Å². The quantitative estimate of drug-likeness (QED) is 0.882. The van der Waals surface area contributed by atoms with Crippen molar-refractivity contribution in [2.75, 3.05) is 26.2 Å². The molecule has 0 saturated carbocycles. The van der Waals surface area contributed by atoms with Crippen LogP contribution in [0.5, 0.6) is 0 Å². The minimum absolute atomic E-state index is 0.00307. The normalized spacial score (nSPS) is 15.1. The number of carbonyl (C=O) groups is 1. The summed E-state index contributed by atoms with van der Waals surface area (Å²) in [5.74, 6) is 0. The average Bonchev–Trinajstić information content (AvgIpc) is 2.65. The van der Waals surface area contributed by atoms with Crippen molar-refractivity contribution in [2.45, 2.75) is 26.9 Å². The van der Waals surface area contributed by atoms with Crippen LogP contribution < -0.4 is 5.32 Å². The Labute approximate surface area is 160 Å². The molecule has 0 atom stereocenters. The van der Waals surface area contributed by atoms with Crippen LogP contribution in [0.25, 0.3) is 0 Å². The van der Waals surface area contributed by atoms with Crippen molar-refractivity contribution in [1.82, 2.24) is 15.1 Å². The molecule has 1 aliphatic heterocycles. The second kappa shape index (κ2) is 8.56. The summed E-state index contributed by atoms with van der Waals surface area (Å²) < 4.78 is 0. The maximum absolute atomic E-state index is 12.4. The fourth-order valence-electron chi connectivity index (χ4n) is 3.10. The third-order valence-corrected chi connectivity index (χ3v) is 5.27. The number of piperazine rings is 1. The van der Waals surface area contributed by atoms with Crippen LogP contribution in [0, 0.1) is 13.8 Å². The number of nitrogens with one attached hydrogen (secondary N) is 1. The van der Waals surface area contributed by atoms with E-state index >= 15 is 0 Å². The number of amides is 2. The summed E-state index contributed by atoms with van der Waals surface area (Å²) in [6.45, 7) is 8.83. The van der Waals surface area contributed by atoms with Gasteiger partial charge in [-0.2, -0.15) is 0 Å². The second-order valence-corrected chi connectivity index (χ2v) is 7.40. The molecule has 2 aromatic rings. The van der Waals surface area contributed by atoms with Gasteiger partial charge in [0.15, 0.2) is 0 Å². The molecule has 26 heavy (non-hydrogen) atoms. The van der Waals surface area contributed by atoms with E-state index in [9.17, 15) is 4.79 Å². The van der Waals surface area contributed by atoms with E-state index in [2.05, 4.69) is 41.4 Å². The van der Waals surface area contributed by atoms with E-state index in [1.165, 1.54) is 11.1 Å². The molecule has 0 aromatic heterocycles. The number of benzene rings is 2. The van der Waals surface area contributed by atoms with Crippen molar-refractivity contribution in [3.8, 4) is 0 Å². The average molecular weight is 372 g/mol. The molecule has 0 unspecified atom stereocenters. The van der Waals surface area contributed by atoms with Gasteiger partial charge in [0, 0.05) is 44.3 Å². The molecule has 138 valence electrons. The Morgan fingerprint density at radius 1 is 1.00 bits per heavy atom. The molecule has 2 amide bonds. The molecule has 1 aliphatic rings. The number of urea groups is 1. The number of hydrogen-bond acceptors (Lipinski definition) is 2. The molecule has 1 heterocycles. The lowest BCUT2D eigenvalue weighted by atomic mass is 10.1. The highest BCUT2D eigenvalue weighted by Crippen LogP contribution is 2.16. The maximum atomic E-state index is 12.4. The molecule has 0 radical (unpaired) electrons. The molecule has 1 N–H and O–H groups in total. The largest absolute Gasteiger partial charge is 0.334 e. The second-order valence-electron chi connectivity index (χ2n) is 6.99. The van der Waals surface area contributed by atoms with Crippen molar-refractivity contribution in [1.29, 1.82) is 0 Å². The molecule has 4 nitrogen and oxygen atoms in total. The van der Waals surface area contributed by atoms with Crippen molar-refractivity contribution < 1.29 is 4.79 Å². The Hall–Kier alpha value is -2.04. The number of nitrogens with zero attached hydrogens (tertiary/aromatic N) is 2. The number of rotatable bonds is 4. The number of halogens is 1. The van der Waals surface area contributed by atoms with E-state index in [-0.39, 0.29) is 6.03 Å². The van der Waals surface area contributed by atoms with Gasteiger partial charge in [-0.1, -0.05) is 53.6 Å². The Morgan fingerprint density at radius 2 is 1.65 bits per heavy atom. The highest BCUT2D eigenvalue weighted by molar-refractivity contribution is 6.31. The number of aryl methyl sites for hydroxylation is 2. The summed E-state index contributed by atoms with van der Waals surface area (Å²) in [6.07, 6.45) is 0. The monoisotopic (exact) mass is 371 g/mol. The van der Waals surface area contributed by atoms with Crippen LogP contribution >= 0.6 is 11.6 Å². The highest BCUT2D eigenvalue weighted by Gasteiger charge is 2.20. The van der Waals surface area contributed by atoms with Gasteiger partial charge < -0.3 is 10.2 Å². The van der Waals surface area contributed by atoms with Gasteiger partial charge in [0.2, 0.25) is 0 Å². The van der Waals surface area contributed by atoms with Gasteiger partial charge in [0.1, 0.15) is 0 Å². The highest BCUT2D eigenvalue weighted by atomic mass is 35.5. The molecule has 0 aliphatic carbocycles. The fourth-order valence-corrected chi connectivity index (χ4v) is 3.30.